The second-order valence-electron chi connectivity index (χ2n) is 8.36. The summed E-state index contributed by atoms with van der Waals surface area (Å²) >= 11 is 0. The van der Waals surface area contributed by atoms with Crippen LogP contribution in [0.4, 0.5) is 18.9 Å². The van der Waals surface area contributed by atoms with E-state index in [1.54, 1.807) is 30.2 Å². The molecule has 2 heterocycles. The smallest absolute Gasteiger partial charge is 0.416 e. The summed E-state index contributed by atoms with van der Waals surface area (Å²) in [6, 6.07) is 14.1. The number of ether oxygens (including phenoxy) is 2. The highest BCUT2D eigenvalue weighted by Gasteiger charge is 2.31. The number of rotatable bonds is 8. The lowest BCUT2D eigenvalue weighted by molar-refractivity contribution is -0.137. The van der Waals surface area contributed by atoms with Crippen molar-refractivity contribution < 1.29 is 31.9 Å². The number of piperazine rings is 1. The molecule has 36 heavy (non-hydrogen) atoms. The van der Waals surface area contributed by atoms with Crippen LogP contribution in [0.25, 0.3) is 0 Å². The van der Waals surface area contributed by atoms with Crippen LogP contribution in [0.2, 0.25) is 0 Å². The van der Waals surface area contributed by atoms with Gasteiger partial charge in [0.25, 0.3) is 5.91 Å². The van der Waals surface area contributed by atoms with Crippen molar-refractivity contribution in [2.75, 3.05) is 38.2 Å². The third kappa shape index (κ3) is 5.84. The van der Waals surface area contributed by atoms with Gasteiger partial charge >= 0.3 is 6.18 Å². The van der Waals surface area contributed by atoms with Crippen molar-refractivity contribution in [3.8, 4) is 11.5 Å². The van der Waals surface area contributed by atoms with Gasteiger partial charge in [0.1, 0.15) is 12.4 Å². The molecule has 9 heteroatoms. The molecule has 0 bridgehead atoms. The van der Waals surface area contributed by atoms with Crippen LogP contribution >= 0.6 is 0 Å². The number of methoxy groups -OCH3 is 1. The number of alkyl halides is 3. The minimum Gasteiger partial charge on any atom is -0.493 e. The van der Waals surface area contributed by atoms with Crippen LogP contribution in [0, 0.1) is 0 Å². The van der Waals surface area contributed by atoms with Crippen LogP contribution in [0.5, 0.6) is 11.5 Å². The van der Waals surface area contributed by atoms with Gasteiger partial charge in [-0.05, 0) is 54.4 Å². The Hall–Kier alpha value is -3.88. The largest absolute Gasteiger partial charge is 0.493 e. The summed E-state index contributed by atoms with van der Waals surface area (Å²) in [5, 5.41) is 0. The topological polar surface area (TPSA) is 55.2 Å². The molecule has 0 unspecified atom stereocenters. The molecule has 1 aromatic heterocycles. The van der Waals surface area contributed by atoms with Gasteiger partial charge in [0, 0.05) is 31.9 Å². The molecule has 190 valence electrons. The van der Waals surface area contributed by atoms with E-state index in [4.69, 9.17) is 13.9 Å². The Balaban J connectivity index is 1.33. The van der Waals surface area contributed by atoms with Crippen molar-refractivity contribution in [3.05, 3.63) is 89.9 Å². The van der Waals surface area contributed by atoms with E-state index in [0.717, 1.165) is 17.7 Å². The van der Waals surface area contributed by atoms with Crippen molar-refractivity contribution in [1.29, 1.82) is 0 Å². The fourth-order valence-electron chi connectivity index (χ4n) is 4.05. The number of carbonyl (C=O) groups is 1. The molecule has 1 aliphatic rings. The molecular weight excluding hydrogens is 473 g/mol. The summed E-state index contributed by atoms with van der Waals surface area (Å²) in [5.41, 5.74) is 0.852. The van der Waals surface area contributed by atoms with Crippen LogP contribution < -0.4 is 14.4 Å². The van der Waals surface area contributed by atoms with Crippen molar-refractivity contribution in [1.82, 2.24) is 4.90 Å². The molecule has 1 saturated heterocycles. The second-order valence-corrected chi connectivity index (χ2v) is 8.36. The number of nitrogens with zero attached hydrogens (tertiary/aromatic N) is 2. The van der Waals surface area contributed by atoms with Gasteiger partial charge in [-0.3, -0.25) is 4.79 Å². The zero-order chi connectivity index (χ0) is 25.7. The van der Waals surface area contributed by atoms with Crippen molar-refractivity contribution in [3.63, 3.8) is 0 Å². The van der Waals surface area contributed by atoms with E-state index in [1.807, 2.05) is 29.2 Å². The fourth-order valence-corrected chi connectivity index (χ4v) is 4.05. The van der Waals surface area contributed by atoms with Gasteiger partial charge < -0.3 is 23.7 Å². The summed E-state index contributed by atoms with van der Waals surface area (Å²) < 4.78 is 56.0. The summed E-state index contributed by atoms with van der Waals surface area (Å²) in [6.07, 6.45) is -1.87. The molecule has 2 aromatic carbocycles. The summed E-state index contributed by atoms with van der Waals surface area (Å²) in [6.45, 7) is 5.44. The molecule has 0 saturated carbocycles. The first-order valence-corrected chi connectivity index (χ1v) is 11.5. The molecule has 0 N–H and O–H groups in total. The highest BCUT2D eigenvalue weighted by atomic mass is 19.4. The second kappa shape index (κ2) is 10.8. The first-order valence-electron chi connectivity index (χ1n) is 11.5. The maximum atomic E-state index is 13.0. The number of furan rings is 1. The Morgan fingerprint density at radius 2 is 1.83 bits per heavy atom. The number of carbonyl (C=O) groups excluding carboxylic acids is 1. The predicted molar refractivity (Wildman–Crippen MR) is 129 cm³/mol. The molecule has 0 spiro atoms. The van der Waals surface area contributed by atoms with Gasteiger partial charge in [-0.15, -0.1) is 6.58 Å². The molecule has 6 nitrogen and oxygen atoms in total. The van der Waals surface area contributed by atoms with Crippen LogP contribution in [-0.2, 0) is 19.2 Å². The number of amides is 1. The number of benzene rings is 2. The number of hydrogen-bond acceptors (Lipinski definition) is 5. The number of halogens is 3. The molecule has 0 radical (unpaired) electrons. The lowest BCUT2D eigenvalue weighted by Gasteiger charge is -2.36. The number of allylic oxidation sites excluding steroid dienone is 1. The summed E-state index contributed by atoms with van der Waals surface area (Å²) in [4.78, 5) is 16.4. The molecule has 3 aromatic rings. The van der Waals surface area contributed by atoms with E-state index in [-0.39, 0.29) is 18.3 Å². The van der Waals surface area contributed by atoms with Gasteiger partial charge in [0.15, 0.2) is 17.3 Å². The quantitative estimate of drug-likeness (QED) is 0.378. The van der Waals surface area contributed by atoms with Crippen LogP contribution in [-0.4, -0.2) is 44.1 Å². The number of hydrogen-bond donors (Lipinski definition) is 0. The number of anilines is 1. The van der Waals surface area contributed by atoms with Crippen LogP contribution in [0.1, 0.15) is 27.4 Å². The molecule has 1 fully saturated rings. The Kier molecular flexibility index (Phi) is 7.57. The standard InChI is InChI=1S/C27H27F3N2O4/c1-3-5-19-8-10-23(25(16-19)34-2)35-18-22-9-11-24(36-22)26(33)32-14-12-31(13-15-32)21-7-4-6-20(17-21)27(28,29)30/h3-4,6-11,16-17H,1,5,12-15,18H2,2H3. The van der Waals surface area contributed by atoms with Crippen LogP contribution in [0.3, 0.4) is 0 Å². The van der Waals surface area contributed by atoms with Gasteiger partial charge in [0.05, 0.1) is 12.7 Å². The first kappa shape index (κ1) is 25.2. The molecule has 0 aliphatic carbocycles. The Bertz CT molecular complexity index is 1210. The summed E-state index contributed by atoms with van der Waals surface area (Å²) in [5.74, 6) is 1.56. The van der Waals surface area contributed by atoms with Crippen molar-refractivity contribution >= 4 is 11.6 Å². The predicted octanol–water partition coefficient (Wildman–Crippen LogP) is 5.58. The minimum absolute atomic E-state index is 0.119. The van der Waals surface area contributed by atoms with E-state index in [9.17, 15) is 18.0 Å². The van der Waals surface area contributed by atoms with E-state index in [1.165, 1.54) is 6.07 Å². The molecule has 0 atom stereocenters. The Morgan fingerprint density at radius 1 is 1.06 bits per heavy atom. The third-order valence-electron chi connectivity index (χ3n) is 5.96. The van der Waals surface area contributed by atoms with E-state index >= 15 is 0 Å². The molecule has 1 aliphatic heterocycles. The lowest BCUT2D eigenvalue weighted by atomic mass is 10.1. The highest BCUT2D eigenvalue weighted by molar-refractivity contribution is 5.91. The van der Waals surface area contributed by atoms with Gasteiger partial charge in [-0.2, -0.15) is 13.2 Å². The first-order chi connectivity index (χ1) is 17.3. The van der Waals surface area contributed by atoms with Gasteiger partial charge in [-0.1, -0.05) is 18.2 Å². The fraction of sp³-hybridized carbons (Fsp3) is 0.296. The van der Waals surface area contributed by atoms with Gasteiger partial charge in [-0.25, -0.2) is 0 Å². The Morgan fingerprint density at radius 3 is 2.53 bits per heavy atom. The Labute approximate surface area is 207 Å². The zero-order valence-electron chi connectivity index (χ0n) is 19.9. The maximum Gasteiger partial charge on any atom is 0.416 e. The zero-order valence-corrected chi connectivity index (χ0v) is 19.9. The highest BCUT2D eigenvalue weighted by Crippen LogP contribution is 2.32. The minimum atomic E-state index is -4.39. The average Bonchev–Trinajstić information content (AvgIpc) is 3.36. The van der Waals surface area contributed by atoms with Crippen molar-refractivity contribution in [2.24, 2.45) is 0 Å². The lowest BCUT2D eigenvalue weighted by Crippen LogP contribution is -2.48. The summed E-state index contributed by atoms with van der Waals surface area (Å²) in [7, 11) is 1.57. The molecular formula is C27H27F3N2O4. The molecule has 1 amide bonds. The monoisotopic (exact) mass is 500 g/mol. The average molecular weight is 501 g/mol. The van der Waals surface area contributed by atoms with Crippen molar-refractivity contribution in [2.45, 2.75) is 19.2 Å². The van der Waals surface area contributed by atoms with Crippen LogP contribution in [0.15, 0.2) is 71.7 Å². The van der Waals surface area contributed by atoms with E-state index in [2.05, 4.69) is 6.58 Å². The normalized spacial score (nSPS) is 14.0. The third-order valence-corrected chi connectivity index (χ3v) is 5.96. The maximum absolute atomic E-state index is 13.0. The SMILES string of the molecule is C=CCc1ccc(OCc2ccc(C(=O)N3CCN(c4cccc(C(F)(F)F)c4)CC3)o2)c(OC)c1. The van der Waals surface area contributed by atoms with Gasteiger partial charge in [0.2, 0.25) is 0 Å². The van der Waals surface area contributed by atoms with E-state index < -0.39 is 11.7 Å². The van der Waals surface area contributed by atoms with E-state index in [0.29, 0.717) is 55.5 Å². The molecule has 4 rings (SSSR count).